The van der Waals surface area contributed by atoms with E-state index < -0.39 is 6.03 Å². The van der Waals surface area contributed by atoms with Gasteiger partial charge in [0.25, 0.3) is 5.91 Å². The van der Waals surface area contributed by atoms with Crippen molar-refractivity contribution < 1.29 is 14.4 Å². The third-order valence-electron chi connectivity index (χ3n) is 3.50. The lowest BCUT2D eigenvalue weighted by Gasteiger charge is -2.09. The van der Waals surface area contributed by atoms with E-state index in [1.54, 1.807) is 35.7 Å². The molecule has 0 saturated heterocycles. The van der Waals surface area contributed by atoms with Crippen LogP contribution in [0.2, 0.25) is 0 Å². The second-order valence-electron chi connectivity index (χ2n) is 5.51. The van der Waals surface area contributed by atoms with Gasteiger partial charge in [0.1, 0.15) is 11.2 Å². The zero-order valence-corrected chi connectivity index (χ0v) is 15.3. The van der Waals surface area contributed by atoms with Crippen molar-refractivity contribution in [1.82, 2.24) is 25.5 Å². The van der Waals surface area contributed by atoms with Crippen LogP contribution in [-0.2, 0) is 4.79 Å². The number of nitrogens with two attached hydrogens (primary N) is 1. The van der Waals surface area contributed by atoms with Gasteiger partial charge in [-0.1, -0.05) is 6.07 Å². The molecule has 144 valence electrons. The number of thiophene rings is 1. The quantitative estimate of drug-likeness (QED) is 0.463. The van der Waals surface area contributed by atoms with E-state index in [0.717, 1.165) is 0 Å². The van der Waals surface area contributed by atoms with Crippen LogP contribution in [0.25, 0.3) is 5.69 Å². The van der Waals surface area contributed by atoms with Crippen molar-refractivity contribution in [3.8, 4) is 5.69 Å². The van der Waals surface area contributed by atoms with Crippen molar-refractivity contribution in [3.05, 3.63) is 46.9 Å². The maximum Gasteiger partial charge on any atom is 0.312 e. The highest BCUT2D eigenvalue weighted by Crippen LogP contribution is 2.22. The number of urea groups is 1. The van der Waals surface area contributed by atoms with Crippen molar-refractivity contribution >= 4 is 40.6 Å². The van der Waals surface area contributed by atoms with Gasteiger partial charge in [-0.15, -0.1) is 16.4 Å². The van der Waals surface area contributed by atoms with Crippen LogP contribution >= 0.6 is 11.3 Å². The Labute approximate surface area is 162 Å². The SMILES string of the molecule is NC(=O)NCCC(=O)Nc1cccc(NC(=O)c2sccc2-n2cnnn2)c1. The summed E-state index contributed by atoms with van der Waals surface area (Å²) in [5.74, 6) is -0.619. The second-order valence-corrected chi connectivity index (χ2v) is 6.43. The van der Waals surface area contributed by atoms with Crippen LogP contribution < -0.4 is 21.7 Å². The number of carbonyl (C=O) groups is 3. The molecule has 2 heterocycles. The highest BCUT2D eigenvalue weighted by Gasteiger charge is 2.16. The molecule has 0 saturated carbocycles. The Morgan fingerprint density at radius 1 is 1.14 bits per heavy atom. The van der Waals surface area contributed by atoms with E-state index in [1.807, 2.05) is 0 Å². The number of aromatic nitrogens is 4. The summed E-state index contributed by atoms with van der Waals surface area (Å²) in [5, 5.41) is 20.5. The number of hydrogen-bond donors (Lipinski definition) is 4. The predicted octanol–water partition coefficient (Wildman–Crippen LogP) is 0.973. The first-order valence-corrected chi connectivity index (χ1v) is 8.96. The molecule has 0 atom stereocenters. The van der Waals surface area contributed by atoms with Gasteiger partial charge in [-0.3, -0.25) is 9.59 Å². The standard InChI is InChI=1S/C16H16N8O3S/c17-16(27)18-6-4-13(25)20-10-2-1-3-11(8-10)21-15(26)14-12(5-7-28-14)24-9-19-22-23-24/h1-3,5,7-9H,4,6H2,(H,20,25)(H,21,26)(H3,17,18,27). The fourth-order valence-electron chi connectivity index (χ4n) is 2.31. The molecule has 0 aliphatic heterocycles. The zero-order chi connectivity index (χ0) is 19.9. The fraction of sp³-hybridized carbons (Fsp3) is 0.125. The van der Waals surface area contributed by atoms with E-state index >= 15 is 0 Å². The summed E-state index contributed by atoms with van der Waals surface area (Å²) in [6, 6.07) is 7.77. The largest absolute Gasteiger partial charge is 0.352 e. The van der Waals surface area contributed by atoms with Gasteiger partial charge >= 0.3 is 6.03 Å². The second kappa shape index (κ2) is 8.73. The molecule has 2 aromatic heterocycles. The number of primary amides is 1. The van der Waals surface area contributed by atoms with Crippen LogP contribution in [0.4, 0.5) is 16.2 Å². The van der Waals surface area contributed by atoms with Gasteiger partial charge < -0.3 is 21.7 Å². The normalized spacial score (nSPS) is 10.3. The van der Waals surface area contributed by atoms with E-state index in [2.05, 4.69) is 31.5 Å². The Morgan fingerprint density at radius 3 is 2.64 bits per heavy atom. The minimum absolute atomic E-state index is 0.0734. The number of benzene rings is 1. The number of hydrogen-bond acceptors (Lipinski definition) is 7. The van der Waals surface area contributed by atoms with Gasteiger partial charge in [0.2, 0.25) is 5.91 Å². The third kappa shape index (κ3) is 4.88. The van der Waals surface area contributed by atoms with Crippen LogP contribution in [0.1, 0.15) is 16.1 Å². The maximum atomic E-state index is 12.6. The van der Waals surface area contributed by atoms with Crippen LogP contribution in [0, 0.1) is 0 Å². The van der Waals surface area contributed by atoms with E-state index in [4.69, 9.17) is 5.73 Å². The van der Waals surface area contributed by atoms with Gasteiger partial charge in [0.05, 0.1) is 5.69 Å². The number of nitrogens with zero attached hydrogens (tertiary/aromatic N) is 4. The summed E-state index contributed by atoms with van der Waals surface area (Å²) in [7, 11) is 0. The number of anilines is 2. The average Bonchev–Trinajstić information content (AvgIpc) is 3.33. The molecule has 0 spiro atoms. The monoisotopic (exact) mass is 400 g/mol. The Hall–Kier alpha value is -3.80. The Bertz CT molecular complexity index is 985. The Kier molecular flexibility index (Phi) is 5.91. The third-order valence-corrected chi connectivity index (χ3v) is 4.40. The Morgan fingerprint density at radius 2 is 1.93 bits per heavy atom. The maximum absolute atomic E-state index is 12.6. The molecule has 4 amide bonds. The lowest BCUT2D eigenvalue weighted by Crippen LogP contribution is -2.32. The summed E-state index contributed by atoms with van der Waals surface area (Å²) in [6.45, 7) is 0.135. The van der Waals surface area contributed by atoms with Crippen LogP contribution in [0.15, 0.2) is 42.0 Å². The molecule has 0 fully saturated rings. The summed E-state index contributed by atoms with van der Waals surface area (Å²) in [5.41, 5.74) is 6.53. The van der Waals surface area contributed by atoms with E-state index in [0.29, 0.717) is 21.9 Å². The molecular weight excluding hydrogens is 384 g/mol. The molecule has 1 aromatic carbocycles. The zero-order valence-electron chi connectivity index (χ0n) is 14.5. The molecule has 0 bridgehead atoms. The molecule has 3 aromatic rings. The molecule has 12 heteroatoms. The summed E-state index contributed by atoms with van der Waals surface area (Å²) >= 11 is 1.26. The highest BCUT2D eigenvalue weighted by molar-refractivity contribution is 7.12. The number of tetrazole rings is 1. The van der Waals surface area contributed by atoms with Crippen LogP contribution in [-0.4, -0.2) is 44.6 Å². The van der Waals surface area contributed by atoms with Gasteiger partial charge in [0.15, 0.2) is 0 Å². The summed E-state index contributed by atoms with van der Waals surface area (Å²) in [4.78, 5) is 35.5. The van der Waals surface area contributed by atoms with Gasteiger partial charge in [-0.2, -0.15) is 4.68 Å². The van der Waals surface area contributed by atoms with E-state index in [1.165, 1.54) is 22.3 Å². The van der Waals surface area contributed by atoms with Crippen LogP contribution in [0.3, 0.4) is 0 Å². The highest BCUT2D eigenvalue weighted by atomic mass is 32.1. The van der Waals surface area contributed by atoms with E-state index in [9.17, 15) is 14.4 Å². The average molecular weight is 400 g/mol. The van der Waals surface area contributed by atoms with Gasteiger partial charge in [-0.25, -0.2) is 4.79 Å². The van der Waals surface area contributed by atoms with Gasteiger partial charge in [-0.05, 0) is 40.1 Å². The van der Waals surface area contributed by atoms with E-state index in [-0.39, 0.29) is 24.8 Å². The molecule has 0 aliphatic rings. The number of rotatable bonds is 7. The topological polar surface area (TPSA) is 157 Å². The predicted molar refractivity (Wildman–Crippen MR) is 102 cm³/mol. The molecule has 0 unspecified atom stereocenters. The molecule has 5 N–H and O–H groups in total. The van der Waals surface area contributed by atoms with Gasteiger partial charge in [0, 0.05) is 24.3 Å². The number of amides is 4. The lowest BCUT2D eigenvalue weighted by atomic mass is 10.2. The lowest BCUT2D eigenvalue weighted by molar-refractivity contribution is -0.116. The minimum Gasteiger partial charge on any atom is -0.352 e. The smallest absolute Gasteiger partial charge is 0.312 e. The molecule has 28 heavy (non-hydrogen) atoms. The fourth-order valence-corrected chi connectivity index (χ4v) is 3.08. The van der Waals surface area contributed by atoms with Crippen molar-refractivity contribution in [2.45, 2.75) is 6.42 Å². The molecule has 0 aliphatic carbocycles. The number of nitrogens with one attached hydrogen (secondary N) is 3. The van der Waals surface area contributed by atoms with Crippen LogP contribution in [0.5, 0.6) is 0 Å². The summed E-state index contributed by atoms with van der Waals surface area (Å²) in [6.07, 6.45) is 1.48. The summed E-state index contributed by atoms with van der Waals surface area (Å²) < 4.78 is 1.40. The van der Waals surface area contributed by atoms with Crippen molar-refractivity contribution in [3.63, 3.8) is 0 Å². The number of carbonyl (C=O) groups excluding carboxylic acids is 3. The molecular formula is C16H16N8O3S. The molecule has 0 radical (unpaired) electrons. The first-order valence-electron chi connectivity index (χ1n) is 8.08. The molecule has 3 rings (SSSR count). The first kappa shape index (κ1) is 19.0. The minimum atomic E-state index is -0.688. The Balaban J connectivity index is 1.63. The molecule has 11 nitrogen and oxygen atoms in total. The van der Waals surface area contributed by atoms with Crippen molar-refractivity contribution in [2.24, 2.45) is 5.73 Å². The van der Waals surface area contributed by atoms with Crippen molar-refractivity contribution in [1.29, 1.82) is 0 Å². The van der Waals surface area contributed by atoms with Crippen molar-refractivity contribution in [2.75, 3.05) is 17.2 Å². The first-order chi connectivity index (χ1) is 13.5.